The third-order valence-electron chi connectivity index (χ3n) is 4.47. The number of aromatic nitrogens is 1. The largest absolute Gasteiger partial charge is 0.345 e. The fraction of sp³-hybridized carbons (Fsp3) is 0.647. The summed E-state index contributed by atoms with van der Waals surface area (Å²) in [4.78, 5) is 20.7. The van der Waals surface area contributed by atoms with Crippen molar-refractivity contribution in [1.82, 2.24) is 14.8 Å². The van der Waals surface area contributed by atoms with Gasteiger partial charge < -0.3 is 9.80 Å². The molecule has 1 fully saturated rings. The lowest BCUT2D eigenvalue weighted by Gasteiger charge is -2.32. The predicted octanol–water partition coefficient (Wildman–Crippen LogP) is 2.35. The molecule has 0 unspecified atom stereocenters. The highest BCUT2D eigenvalue weighted by Crippen LogP contribution is 2.19. The summed E-state index contributed by atoms with van der Waals surface area (Å²) in [5.74, 6) is 0.255. The molecule has 0 spiro atoms. The molecular formula is C17H27N3O. The van der Waals surface area contributed by atoms with Crippen LogP contribution in [0.1, 0.15) is 37.8 Å². The van der Waals surface area contributed by atoms with Gasteiger partial charge in [-0.1, -0.05) is 12.5 Å². The Morgan fingerprint density at radius 1 is 1.43 bits per heavy atom. The summed E-state index contributed by atoms with van der Waals surface area (Å²) in [6.45, 7) is 1.92. The van der Waals surface area contributed by atoms with E-state index in [0.717, 1.165) is 25.1 Å². The van der Waals surface area contributed by atoms with Crippen molar-refractivity contribution in [3.8, 4) is 0 Å². The lowest BCUT2D eigenvalue weighted by atomic mass is 9.98. The van der Waals surface area contributed by atoms with Crippen LogP contribution in [0.25, 0.3) is 0 Å². The number of likely N-dealkylation sites (tertiary alicyclic amines) is 1. The highest BCUT2D eigenvalue weighted by Gasteiger charge is 2.20. The van der Waals surface area contributed by atoms with Crippen LogP contribution in [0.4, 0.5) is 0 Å². The van der Waals surface area contributed by atoms with Crippen LogP contribution < -0.4 is 0 Å². The molecule has 1 aliphatic rings. The first kappa shape index (κ1) is 16.0. The summed E-state index contributed by atoms with van der Waals surface area (Å²) in [5.41, 5.74) is 1.05. The van der Waals surface area contributed by atoms with Crippen LogP contribution in [-0.2, 0) is 11.2 Å². The lowest BCUT2D eigenvalue weighted by Crippen LogP contribution is -2.37. The maximum Gasteiger partial charge on any atom is 0.222 e. The van der Waals surface area contributed by atoms with E-state index in [1.165, 1.54) is 25.8 Å². The average molecular weight is 289 g/mol. The standard InChI is InChI=1S/C17H27N3O/c1-19-13-6-4-8-16(19)9-10-17(21)20(2)14-11-15-7-3-5-12-18-15/h3,5,7,12,16H,4,6,8-11,13-14H2,1-2H3/t16-/m0/s1. The fourth-order valence-electron chi connectivity index (χ4n) is 2.94. The van der Waals surface area contributed by atoms with Crippen molar-refractivity contribution in [2.75, 3.05) is 27.2 Å². The molecule has 1 aliphatic heterocycles. The van der Waals surface area contributed by atoms with E-state index in [-0.39, 0.29) is 5.91 Å². The molecule has 0 aromatic carbocycles. The normalized spacial score (nSPS) is 19.4. The second-order valence-corrected chi connectivity index (χ2v) is 6.06. The molecule has 0 saturated carbocycles. The molecule has 0 bridgehead atoms. The second-order valence-electron chi connectivity index (χ2n) is 6.06. The van der Waals surface area contributed by atoms with Gasteiger partial charge in [0.25, 0.3) is 0 Å². The zero-order valence-corrected chi connectivity index (χ0v) is 13.3. The minimum Gasteiger partial charge on any atom is -0.345 e. The van der Waals surface area contributed by atoms with Gasteiger partial charge in [0, 0.05) is 44.4 Å². The Bertz CT molecular complexity index is 435. The molecule has 2 rings (SSSR count). The van der Waals surface area contributed by atoms with E-state index >= 15 is 0 Å². The maximum atomic E-state index is 12.2. The summed E-state index contributed by atoms with van der Waals surface area (Å²) in [6, 6.07) is 6.50. The van der Waals surface area contributed by atoms with Gasteiger partial charge in [0.05, 0.1) is 0 Å². The second kappa shape index (κ2) is 8.13. The van der Waals surface area contributed by atoms with E-state index in [4.69, 9.17) is 0 Å². The summed E-state index contributed by atoms with van der Waals surface area (Å²) in [6.07, 6.45) is 8.12. The first-order valence-corrected chi connectivity index (χ1v) is 8.01. The molecule has 0 N–H and O–H groups in total. The van der Waals surface area contributed by atoms with E-state index in [2.05, 4.69) is 16.9 Å². The number of carbonyl (C=O) groups excluding carboxylic acids is 1. The number of carbonyl (C=O) groups is 1. The Labute approximate surface area is 128 Å². The van der Waals surface area contributed by atoms with Gasteiger partial charge in [-0.2, -0.15) is 0 Å². The number of piperidine rings is 1. The number of pyridine rings is 1. The zero-order valence-electron chi connectivity index (χ0n) is 13.3. The molecule has 1 saturated heterocycles. The van der Waals surface area contributed by atoms with Crippen LogP contribution in [-0.4, -0.2) is 53.9 Å². The Balaban J connectivity index is 1.70. The highest BCUT2D eigenvalue weighted by atomic mass is 16.2. The molecule has 1 atom stereocenters. The smallest absolute Gasteiger partial charge is 0.222 e. The molecule has 2 heterocycles. The van der Waals surface area contributed by atoms with Gasteiger partial charge in [0.15, 0.2) is 0 Å². The van der Waals surface area contributed by atoms with E-state index in [1.807, 2.05) is 30.1 Å². The van der Waals surface area contributed by atoms with Crippen LogP contribution in [0.2, 0.25) is 0 Å². The van der Waals surface area contributed by atoms with Crippen LogP contribution in [0.5, 0.6) is 0 Å². The van der Waals surface area contributed by atoms with Gasteiger partial charge in [-0.25, -0.2) is 0 Å². The van der Waals surface area contributed by atoms with Crippen LogP contribution in [0.15, 0.2) is 24.4 Å². The average Bonchev–Trinajstić information content (AvgIpc) is 2.52. The van der Waals surface area contributed by atoms with Crippen molar-refractivity contribution in [2.24, 2.45) is 0 Å². The molecule has 1 amide bonds. The quantitative estimate of drug-likeness (QED) is 0.806. The topological polar surface area (TPSA) is 36.4 Å². The maximum absolute atomic E-state index is 12.2. The summed E-state index contributed by atoms with van der Waals surface area (Å²) in [7, 11) is 4.08. The number of amides is 1. The molecule has 4 nitrogen and oxygen atoms in total. The first-order chi connectivity index (χ1) is 10.2. The van der Waals surface area contributed by atoms with E-state index in [0.29, 0.717) is 12.5 Å². The van der Waals surface area contributed by atoms with Gasteiger partial charge in [0.2, 0.25) is 5.91 Å². The van der Waals surface area contributed by atoms with Gasteiger partial charge in [-0.3, -0.25) is 9.78 Å². The Kier molecular flexibility index (Phi) is 6.18. The zero-order chi connectivity index (χ0) is 15.1. The van der Waals surface area contributed by atoms with Crippen molar-refractivity contribution < 1.29 is 4.79 Å². The summed E-state index contributed by atoms with van der Waals surface area (Å²) >= 11 is 0. The third kappa shape index (κ3) is 5.12. The van der Waals surface area contributed by atoms with Crippen molar-refractivity contribution in [3.63, 3.8) is 0 Å². The summed E-state index contributed by atoms with van der Waals surface area (Å²) in [5, 5.41) is 0. The Hall–Kier alpha value is -1.42. The van der Waals surface area contributed by atoms with Gasteiger partial charge in [-0.15, -0.1) is 0 Å². The van der Waals surface area contributed by atoms with Crippen LogP contribution in [0.3, 0.4) is 0 Å². The summed E-state index contributed by atoms with van der Waals surface area (Å²) < 4.78 is 0. The molecule has 0 radical (unpaired) electrons. The Morgan fingerprint density at radius 2 is 2.29 bits per heavy atom. The Morgan fingerprint density at radius 3 is 3.00 bits per heavy atom. The lowest BCUT2D eigenvalue weighted by molar-refractivity contribution is -0.130. The highest BCUT2D eigenvalue weighted by molar-refractivity contribution is 5.75. The number of likely N-dealkylation sites (N-methyl/N-ethyl adjacent to an activating group) is 1. The fourth-order valence-corrected chi connectivity index (χ4v) is 2.94. The molecular weight excluding hydrogens is 262 g/mol. The van der Waals surface area contributed by atoms with Gasteiger partial charge >= 0.3 is 0 Å². The number of rotatable bonds is 6. The molecule has 4 heteroatoms. The van der Waals surface area contributed by atoms with Crippen molar-refractivity contribution >= 4 is 5.91 Å². The van der Waals surface area contributed by atoms with Crippen molar-refractivity contribution in [2.45, 2.75) is 44.6 Å². The number of nitrogens with zero attached hydrogens (tertiary/aromatic N) is 3. The number of hydrogen-bond acceptors (Lipinski definition) is 3. The van der Waals surface area contributed by atoms with Gasteiger partial charge in [0.1, 0.15) is 0 Å². The molecule has 1 aromatic heterocycles. The van der Waals surface area contributed by atoms with Crippen molar-refractivity contribution in [3.05, 3.63) is 30.1 Å². The SMILES string of the molecule is CN(CCc1ccccn1)C(=O)CC[C@@H]1CCCCN1C. The van der Waals surface area contributed by atoms with Crippen molar-refractivity contribution in [1.29, 1.82) is 0 Å². The third-order valence-corrected chi connectivity index (χ3v) is 4.47. The first-order valence-electron chi connectivity index (χ1n) is 8.01. The molecule has 1 aromatic rings. The van der Waals surface area contributed by atoms with E-state index < -0.39 is 0 Å². The predicted molar refractivity (Wildman–Crippen MR) is 85.1 cm³/mol. The van der Waals surface area contributed by atoms with Crippen LogP contribution >= 0.6 is 0 Å². The monoisotopic (exact) mass is 289 g/mol. The van der Waals surface area contributed by atoms with E-state index in [9.17, 15) is 4.79 Å². The van der Waals surface area contributed by atoms with E-state index in [1.54, 1.807) is 6.20 Å². The molecule has 21 heavy (non-hydrogen) atoms. The molecule has 0 aliphatic carbocycles. The van der Waals surface area contributed by atoms with Crippen LogP contribution in [0, 0.1) is 0 Å². The minimum absolute atomic E-state index is 0.255. The minimum atomic E-state index is 0.255. The number of hydrogen-bond donors (Lipinski definition) is 0. The van der Waals surface area contributed by atoms with Gasteiger partial charge in [-0.05, 0) is 45.0 Å². The molecule has 116 valence electrons.